The number of nitrogens with zero attached hydrogens (tertiary/aromatic N) is 2. The van der Waals surface area contributed by atoms with E-state index in [9.17, 15) is 9.59 Å². The highest BCUT2D eigenvalue weighted by molar-refractivity contribution is 5.78. The SMILES string of the molecule is CN(C)C(=O)C1CCN(C=O)CC1. The molecular weight excluding hydrogens is 168 g/mol. The lowest BCUT2D eigenvalue weighted by molar-refractivity contribution is -0.135. The molecule has 0 aliphatic carbocycles. The van der Waals surface area contributed by atoms with Gasteiger partial charge in [-0.25, -0.2) is 0 Å². The van der Waals surface area contributed by atoms with E-state index in [1.54, 1.807) is 23.9 Å². The van der Waals surface area contributed by atoms with Crippen LogP contribution in [0.2, 0.25) is 0 Å². The van der Waals surface area contributed by atoms with Crippen LogP contribution in [-0.2, 0) is 9.59 Å². The van der Waals surface area contributed by atoms with Crippen LogP contribution < -0.4 is 0 Å². The van der Waals surface area contributed by atoms with Gasteiger partial charge in [0.1, 0.15) is 0 Å². The quantitative estimate of drug-likeness (QED) is 0.564. The van der Waals surface area contributed by atoms with Crippen LogP contribution in [0.3, 0.4) is 0 Å². The van der Waals surface area contributed by atoms with E-state index in [1.165, 1.54) is 0 Å². The van der Waals surface area contributed by atoms with Crippen LogP contribution in [0.15, 0.2) is 0 Å². The maximum Gasteiger partial charge on any atom is 0.225 e. The lowest BCUT2D eigenvalue weighted by Gasteiger charge is -2.29. The molecule has 0 unspecified atom stereocenters. The molecule has 2 amide bonds. The zero-order valence-electron chi connectivity index (χ0n) is 8.19. The second-order valence-electron chi connectivity index (χ2n) is 3.65. The number of carbonyl (C=O) groups is 2. The number of hydrogen-bond donors (Lipinski definition) is 0. The van der Waals surface area contributed by atoms with Crippen molar-refractivity contribution in [2.75, 3.05) is 27.2 Å². The Hall–Kier alpha value is -1.06. The molecule has 4 heteroatoms. The summed E-state index contributed by atoms with van der Waals surface area (Å²) < 4.78 is 0. The minimum atomic E-state index is 0.117. The Bertz CT molecular complexity index is 196. The van der Waals surface area contributed by atoms with Crippen molar-refractivity contribution in [3.05, 3.63) is 0 Å². The minimum absolute atomic E-state index is 0.117. The number of rotatable bonds is 2. The van der Waals surface area contributed by atoms with Crippen molar-refractivity contribution >= 4 is 12.3 Å². The van der Waals surface area contributed by atoms with Crippen LogP contribution in [0.25, 0.3) is 0 Å². The summed E-state index contributed by atoms with van der Waals surface area (Å²) in [7, 11) is 3.54. The van der Waals surface area contributed by atoms with Crippen molar-refractivity contribution in [2.24, 2.45) is 5.92 Å². The van der Waals surface area contributed by atoms with Gasteiger partial charge in [-0.15, -0.1) is 0 Å². The van der Waals surface area contributed by atoms with Gasteiger partial charge < -0.3 is 9.80 Å². The smallest absolute Gasteiger partial charge is 0.225 e. The Morgan fingerprint density at radius 2 is 1.92 bits per heavy atom. The molecule has 1 heterocycles. The molecule has 0 radical (unpaired) electrons. The van der Waals surface area contributed by atoms with Gasteiger partial charge in [0.25, 0.3) is 0 Å². The zero-order chi connectivity index (χ0) is 9.84. The van der Waals surface area contributed by atoms with E-state index in [0.29, 0.717) is 13.1 Å². The van der Waals surface area contributed by atoms with Crippen molar-refractivity contribution in [3.63, 3.8) is 0 Å². The molecule has 1 rings (SSSR count). The molecule has 1 fully saturated rings. The molecule has 0 atom stereocenters. The molecule has 4 nitrogen and oxygen atoms in total. The summed E-state index contributed by atoms with van der Waals surface area (Å²) in [5, 5.41) is 0. The second kappa shape index (κ2) is 4.25. The monoisotopic (exact) mass is 184 g/mol. The predicted molar refractivity (Wildman–Crippen MR) is 49.1 cm³/mol. The van der Waals surface area contributed by atoms with E-state index in [-0.39, 0.29) is 11.8 Å². The number of amides is 2. The number of likely N-dealkylation sites (tertiary alicyclic amines) is 1. The van der Waals surface area contributed by atoms with E-state index in [2.05, 4.69) is 0 Å². The average Bonchev–Trinajstić information content (AvgIpc) is 2.17. The van der Waals surface area contributed by atoms with Gasteiger partial charge in [0.2, 0.25) is 12.3 Å². The summed E-state index contributed by atoms with van der Waals surface area (Å²) in [4.78, 5) is 25.3. The zero-order valence-corrected chi connectivity index (χ0v) is 8.19. The van der Waals surface area contributed by atoms with Gasteiger partial charge >= 0.3 is 0 Å². The summed E-state index contributed by atoms with van der Waals surface area (Å²) >= 11 is 0. The molecule has 0 N–H and O–H groups in total. The van der Waals surface area contributed by atoms with E-state index < -0.39 is 0 Å². The van der Waals surface area contributed by atoms with Gasteiger partial charge in [0.05, 0.1) is 0 Å². The first-order valence-electron chi connectivity index (χ1n) is 4.55. The standard InChI is InChI=1S/C9H16N2O2/c1-10(2)9(13)8-3-5-11(7-12)6-4-8/h7-8H,3-6H2,1-2H3. The van der Waals surface area contributed by atoms with Crippen LogP contribution in [0.4, 0.5) is 0 Å². The molecule has 0 aromatic carbocycles. The molecule has 0 saturated carbocycles. The fourth-order valence-electron chi connectivity index (χ4n) is 1.62. The molecule has 0 spiro atoms. The molecule has 0 aromatic heterocycles. The maximum absolute atomic E-state index is 11.5. The molecule has 0 bridgehead atoms. The molecule has 74 valence electrons. The molecule has 1 aliphatic rings. The summed E-state index contributed by atoms with van der Waals surface area (Å²) in [6.45, 7) is 1.43. The van der Waals surface area contributed by atoms with Gasteiger partial charge in [-0.2, -0.15) is 0 Å². The molecule has 0 aromatic rings. The first-order chi connectivity index (χ1) is 6.15. The lowest BCUT2D eigenvalue weighted by Crippen LogP contribution is -2.39. The number of carbonyl (C=O) groups excluding carboxylic acids is 2. The van der Waals surface area contributed by atoms with E-state index >= 15 is 0 Å². The summed E-state index contributed by atoms with van der Waals surface area (Å²) in [5.74, 6) is 0.303. The highest BCUT2D eigenvalue weighted by Crippen LogP contribution is 2.17. The Morgan fingerprint density at radius 3 is 2.31 bits per heavy atom. The van der Waals surface area contributed by atoms with E-state index in [1.807, 2.05) is 0 Å². The molecular formula is C9H16N2O2. The molecule has 13 heavy (non-hydrogen) atoms. The van der Waals surface area contributed by atoms with Crippen LogP contribution in [0.1, 0.15) is 12.8 Å². The van der Waals surface area contributed by atoms with Crippen LogP contribution in [0.5, 0.6) is 0 Å². The lowest BCUT2D eigenvalue weighted by atomic mass is 9.96. The highest BCUT2D eigenvalue weighted by atomic mass is 16.2. The first-order valence-corrected chi connectivity index (χ1v) is 4.55. The summed E-state index contributed by atoms with van der Waals surface area (Å²) in [5.41, 5.74) is 0. The Labute approximate surface area is 78.5 Å². The van der Waals surface area contributed by atoms with E-state index in [0.717, 1.165) is 19.3 Å². The van der Waals surface area contributed by atoms with Crippen LogP contribution >= 0.6 is 0 Å². The fraction of sp³-hybridized carbons (Fsp3) is 0.778. The van der Waals surface area contributed by atoms with Crippen LogP contribution in [-0.4, -0.2) is 49.3 Å². The summed E-state index contributed by atoms with van der Waals surface area (Å²) in [6.07, 6.45) is 2.46. The second-order valence-corrected chi connectivity index (χ2v) is 3.65. The minimum Gasteiger partial charge on any atom is -0.349 e. The predicted octanol–water partition coefficient (Wildman–Crippen LogP) is -0.0570. The first kappa shape index (κ1) is 10.0. The van der Waals surface area contributed by atoms with Crippen molar-refractivity contribution in [1.29, 1.82) is 0 Å². The summed E-state index contributed by atoms with van der Waals surface area (Å²) in [6, 6.07) is 0. The topological polar surface area (TPSA) is 40.6 Å². The Morgan fingerprint density at radius 1 is 1.38 bits per heavy atom. The Balaban J connectivity index is 2.40. The van der Waals surface area contributed by atoms with Gasteiger partial charge in [0.15, 0.2) is 0 Å². The van der Waals surface area contributed by atoms with Gasteiger partial charge in [-0.05, 0) is 12.8 Å². The largest absolute Gasteiger partial charge is 0.349 e. The normalized spacial score (nSPS) is 18.5. The number of piperidine rings is 1. The molecule has 1 saturated heterocycles. The van der Waals surface area contributed by atoms with Crippen molar-refractivity contribution < 1.29 is 9.59 Å². The highest BCUT2D eigenvalue weighted by Gasteiger charge is 2.24. The van der Waals surface area contributed by atoms with Gasteiger partial charge in [0, 0.05) is 33.1 Å². The third-order valence-electron chi connectivity index (χ3n) is 2.47. The third-order valence-corrected chi connectivity index (χ3v) is 2.47. The molecule has 1 aliphatic heterocycles. The maximum atomic E-state index is 11.5. The van der Waals surface area contributed by atoms with Gasteiger partial charge in [-0.3, -0.25) is 9.59 Å². The number of hydrogen-bond acceptors (Lipinski definition) is 2. The third kappa shape index (κ3) is 2.44. The Kier molecular flexibility index (Phi) is 3.28. The van der Waals surface area contributed by atoms with Crippen LogP contribution in [0, 0.1) is 5.92 Å². The fourth-order valence-corrected chi connectivity index (χ4v) is 1.62. The average molecular weight is 184 g/mol. The van der Waals surface area contributed by atoms with Gasteiger partial charge in [-0.1, -0.05) is 0 Å². The van der Waals surface area contributed by atoms with Crippen molar-refractivity contribution in [1.82, 2.24) is 9.80 Å². The van der Waals surface area contributed by atoms with E-state index in [4.69, 9.17) is 0 Å². The van der Waals surface area contributed by atoms with Crippen molar-refractivity contribution in [3.8, 4) is 0 Å². The van der Waals surface area contributed by atoms with Crippen molar-refractivity contribution in [2.45, 2.75) is 12.8 Å².